The van der Waals surface area contributed by atoms with Gasteiger partial charge >= 0.3 is 0 Å². The first-order valence-electron chi connectivity index (χ1n) is 10.2. The van der Waals surface area contributed by atoms with Crippen molar-refractivity contribution in [2.45, 2.75) is 24.3 Å². The van der Waals surface area contributed by atoms with Crippen molar-refractivity contribution in [3.05, 3.63) is 78.1 Å². The number of nitrogens with one attached hydrogen (secondary N) is 2. The van der Waals surface area contributed by atoms with Crippen LogP contribution in [0.3, 0.4) is 0 Å². The maximum absolute atomic E-state index is 12.8. The molecule has 3 aromatic rings. The van der Waals surface area contributed by atoms with Gasteiger partial charge in [-0.1, -0.05) is 6.07 Å². The Hall–Kier alpha value is -3.59. The zero-order valence-corrected chi connectivity index (χ0v) is 18.3. The van der Waals surface area contributed by atoms with Crippen LogP contribution in [0.1, 0.15) is 35.4 Å². The molecule has 0 aliphatic carbocycles. The molecule has 1 aromatic heterocycles. The molecule has 166 valence electrons. The summed E-state index contributed by atoms with van der Waals surface area (Å²) in [6, 6.07) is 16.0. The highest BCUT2D eigenvalue weighted by Crippen LogP contribution is 2.32. The molecule has 32 heavy (non-hydrogen) atoms. The van der Waals surface area contributed by atoms with E-state index < -0.39 is 10.0 Å². The SMILES string of the molecule is C[C@@H](NC(=O)c1ccc(NS(=O)(=O)c2ccc3c(c2)OCCCO3)cc1)c1ccccn1. The van der Waals surface area contributed by atoms with Crippen LogP contribution < -0.4 is 19.5 Å². The Bertz CT molecular complexity index is 1200. The summed E-state index contributed by atoms with van der Waals surface area (Å²) >= 11 is 0. The Labute approximate surface area is 186 Å². The lowest BCUT2D eigenvalue weighted by Crippen LogP contribution is -2.27. The third-order valence-corrected chi connectivity index (χ3v) is 6.29. The number of aromatic nitrogens is 1. The van der Waals surface area contributed by atoms with E-state index in [0.717, 1.165) is 12.1 Å². The average molecular weight is 454 g/mol. The molecule has 9 heteroatoms. The Morgan fingerprint density at radius 2 is 1.75 bits per heavy atom. The maximum Gasteiger partial charge on any atom is 0.262 e. The van der Waals surface area contributed by atoms with Crippen molar-refractivity contribution in [3.63, 3.8) is 0 Å². The third-order valence-electron chi connectivity index (χ3n) is 4.91. The van der Waals surface area contributed by atoms with Gasteiger partial charge in [0, 0.05) is 29.9 Å². The summed E-state index contributed by atoms with van der Waals surface area (Å²) in [6.07, 6.45) is 2.40. The van der Waals surface area contributed by atoms with Gasteiger partial charge in [0.15, 0.2) is 11.5 Å². The lowest BCUT2D eigenvalue weighted by molar-refractivity contribution is 0.0939. The van der Waals surface area contributed by atoms with Crippen molar-refractivity contribution < 1.29 is 22.7 Å². The van der Waals surface area contributed by atoms with Gasteiger partial charge in [-0.15, -0.1) is 0 Å². The van der Waals surface area contributed by atoms with Crippen LogP contribution in [0.2, 0.25) is 0 Å². The molecule has 8 nitrogen and oxygen atoms in total. The zero-order chi connectivity index (χ0) is 22.6. The molecular formula is C23H23N3O5S. The molecular weight excluding hydrogens is 430 g/mol. The third kappa shape index (κ3) is 5.00. The standard InChI is InChI=1S/C23H23N3O5S/c1-16(20-5-2-3-12-24-20)25-23(27)17-6-8-18(9-7-17)26-32(28,29)19-10-11-21-22(15-19)31-14-4-13-30-21/h2-3,5-12,15-16,26H,4,13-14H2,1H3,(H,25,27)/t16-/m1/s1. The fraction of sp³-hybridized carbons (Fsp3) is 0.217. The van der Waals surface area contributed by atoms with E-state index >= 15 is 0 Å². The van der Waals surface area contributed by atoms with Crippen molar-refractivity contribution in [1.82, 2.24) is 10.3 Å². The molecule has 0 fully saturated rings. The van der Waals surface area contributed by atoms with E-state index in [2.05, 4.69) is 15.0 Å². The molecule has 1 atom stereocenters. The monoisotopic (exact) mass is 453 g/mol. The van der Waals surface area contributed by atoms with Crippen molar-refractivity contribution >= 4 is 21.6 Å². The Balaban J connectivity index is 1.44. The molecule has 1 amide bonds. The zero-order valence-electron chi connectivity index (χ0n) is 17.4. The summed E-state index contributed by atoms with van der Waals surface area (Å²) in [6.45, 7) is 2.84. The number of anilines is 1. The summed E-state index contributed by atoms with van der Waals surface area (Å²) < 4.78 is 39.2. The number of carbonyl (C=O) groups excluding carboxylic acids is 1. The van der Waals surface area contributed by atoms with E-state index in [4.69, 9.17) is 9.47 Å². The summed E-state index contributed by atoms with van der Waals surface area (Å²) in [5.41, 5.74) is 1.50. The Morgan fingerprint density at radius 1 is 1.00 bits per heavy atom. The number of pyridine rings is 1. The smallest absolute Gasteiger partial charge is 0.262 e. The summed E-state index contributed by atoms with van der Waals surface area (Å²) in [5.74, 6) is 0.650. The molecule has 0 spiro atoms. The topological polar surface area (TPSA) is 107 Å². The highest BCUT2D eigenvalue weighted by molar-refractivity contribution is 7.92. The molecule has 1 aliphatic rings. The van der Waals surface area contributed by atoms with E-state index in [0.29, 0.717) is 36.0 Å². The van der Waals surface area contributed by atoms with E-state index in [1.54, 1.807) is 36.5 Å². The highest BCUT2D eigenvalue weighted by atomic mass is 32.2. The molecule has 4 rings (SSSR count). The van der Waals surface area contributed by atoms with Crippen LogP contribution in [0, 0.1) is 0 Å². The number of sulfonamides is 1. The number of rotatable bonds is 6. The number of ether oxygens (including phenoxy) is 2. The molecule has 1 aliphatic heterocycles. The van der Waals surface area contributed by atoms with Crippen molar-refractivity contribution in [1.29, 1.82) is 0 Å². The molecule has 0 radical (unpaired) electrons. The summed E-state index contributed by atoms with van der Waals surface area (Å²) in [5, 5.41) is 2.87. The van der Waals surface area contributed by atoms with Gasteiger partial charge < -0.3 is 14.8 Å². The van der Waals surface area contributed by atoms with Gasteiger partial charge in [0.25, 0.3) is 15.9 Å². The van der Waals surface area contributed by atoms with Gasteiger partial charge in [0.05, 0.1) is 29.8 Å². The van der Waals surface area contributed by atoms with Crippen LogP contribution >= 0.6 is 0 Å². The number of carbonyl (C=O) groups is 1. The molecule has 2 heterocycles. The molecule has 0 saturated heterocycles. The van der Waals surface area contributed by atoms with Crippen LogP contribution in [0.15, 0.2) is 71.8 Å². The number of nitrogens with zero attached hydrogens (tertiary/aromatic N) is 1. The van der Waals surface area contributed by atoms with Crippen molar-refractivity contribution in [2.75, 3.05) is 17.9 Å². The lowest BCUT2D eigenvalue weighted by Gasteiger charge is -2.14. The van der Waals surface area contributed by atoms with Crippen molar-refractivity contribution in [2.24, 2.45) is 0 Å². The van der Waals surface area contributed by atoms with Crippen molar-refractivity contribution in [3.8, 4) is 11.5 Å². The van der Waals surface area contributed by atoms with Crippen LogP contribution in [0.25, 0.3) is 0 Å². The lowest BCUT2D eigenvalue weighted by atomic mass is 10.1. The van der Waals surface area contributed by atoms with Crippen LogP contribution in [0.5, 0.6) is 11.5 Å². The molecule has 0 saturated carbocycles. The quantitative estimate of drug-likeness (QED) is 0.591. The first kappa shape index (κ1) is 21.6. The first-order chi connectivity index (χ1) is 15.4. The van der Waals surface area contributed by atoms with Gasteiger partial charge in [-0.25, -0.2) is 8.42 Å². The van der Waals surface area contributed by atoms with Crippen LogP contribution in [-0.2, 0) is 10.0 Å². The second-order valence-corrected chi connectivity index (χ2v) is 8.97. The number of hydrogen-bond donors (Lipinski definition) is 2. The Morgan fingerprint density at radius 3 is 2.47 bits per heavy atom. The van der Waals surface area contributed by atoms with E-state index in [1.807, 2.05) is 25.1 Å². The van der Waals surface area contributed by atoms with Crippen LogP contribution in [0.4, 0.5) is 5.69 Å². The number of fused-ring (bicyclic) bond motifs is 1. The second-order valence-electron chi connectivity index (χ2n) is 7.29. The summed E-state index contributed by atoms with van der Waals surface area (Å²) in [7, 11) is -3.84. The average Bonchev–Trinajstić information content (AvgIpc) is 3.05. The molecule has 2 aromatic carbocycles. The van der Waals surface area contributed by atoms with Gasteiger partial charge in [0.2, 0.25) is 0 Å². The first-order valence-corrected chi connectivity index (χ1v) is 11.6. The van der Waals surface area contributed by atoms with Gasteiger partial charge in [-0.05, 0) is 55.5 Å². The largest absolute Gasteiger partial charge is 0.490 e. The number of amides is 1. The molecule has 0 bridgehead atoms. The molecule has 2 N–H and O–H groups in total. The number of benzene rings is 2. The predicted octanol–water partition coefficient (Wildman–Crippen LogP) is 3.53. The van der Waals surface area contributed by atoms with E-state index in [9.17, 15) is 13.2 Å². The van der Waals surface area contributed by atoms with E-state index in [1.165, 1.54) is 12.1 Å². The molecule has 0 unspecified atom stereocenters. The predicted molar refractivity (Wildman–Crippen MR) is 119 cm³/mol. The van der Waals surface area contributed by atoms with E-state index in [-0.39, 0.29) is 16.8 Å². The fourth-order valence-electron chi connectivity index (χ4n) is 3.20. The Kier molecular flexibility index (Phi) is 6.27. The fourth-order valence-corrected chi connectivity index (χ4v) is 4.27. The maximum atomic E-state index is 12.8. The normalized spacial score (nSPS) is 14.2. The van der Waals surface area contributed by atoms with Gasteiger partial charge in [0.1, 0.15) is 0 Å². The van der Waals surface area contributed by atoms with Crippen LogP contribution in [-0.4, -0.2) is 32.5 Å². The highest BCUT2D eigenvalue weighted by Gasteiger charge is 2.19. The van der Waals surface area contributed by atoms with Gasteiger partial charge in [-0.3, -0.25) is 14.5 Å². The number of hydrogen-bond acceptors (Lipinski definition) is 6. The summed E-state index contributed by atoms with van der Waals surface area (Å²) in [4.78, 5) is 16.8. The second kappa shape index (κ2) is 9.27. The minimum Gasteiger partial charge on any atom is -0.490 e. The van der Waals surface area contributed by atoms with Gasteiger partial charge in [-0.2, -0.15) is 0 Å². The minimum atomic E-state index is -3.84. The minimum absolute atomic E-state index is 0.0627.